The van der Waals surface area contributed by atoms with Crippen molar-refractivity contribution >= 4 is 11.9 Å². The van der Waals surface area contributed by atoms with Crippen LogP contribution in [-0.2, 0) is 16.0 Å². The minimum Gasteiger partial charge on any atom is -0.453 e. The Hall–Kier alpha value is -1.91. The number of nitrogens with one attached hydrogen (secondary N) is 1. The van der Waals surface area contributed by atoms with Gasteiger partial charge in [0, 0.05) is 18.8 Å². The Labute approximate surface area is 93.8 Å². The SMILES string of the molecule is COC(=O)N[C@@H](Cc1cccnc1)C(C)=O. The topological polar surface area (TPSA) is 68.3 Å². The van der Waals surface area contributed by atoms with Gasteiger partial charge in [-0.2, -0.15) is 0 Å². The van der Waals surface area contributed by atoms with Crippen molar-refractivity contribution < 1.29 is 14.3 Å². The van der Waals surface area contributed by atoms with Gasteiger partial charge >= 0.3 is 6.09 Å². The molecule has 86 valence electrons. The molecule has 1 N–H and O–H groups in total. The summed E-state index contributed by atoms with van der Waals surface area (Å²) in [5.41, 5.74) is 0.888. The lowest BCUT2D eigenvalue weighted by Crippen LogP contribution is -2.41. The van der Waals surface area contributed by atoms with E-state index >= 15 is 0 Å². The van der Waals surface area contributed by atoms with Crippen molar-refractivity contribution in [1.82, 2.24) is 10.3 Å². The van der Waals surface area contributed by atoms with Crippen molar-refractivity contribution in [3.8, 4) is 0 Å². The molecule has 1 rings (SSSR count). The van der Waals surface area contributed by atoms with Gasteiger partial charge in [0.1, 0.15) is 0 Å². The van der Waals surface area contributed by atoms with E-state index in [1.807, 2.05) is 6.07 Å². The molecular formula is C11H14N2O3. The highest BCUT2D eigenvalue weighted by Crippen LogP contribution is 2.02. The lowest BCUT2D eigenvalue weighted by atomic mass is 10.1. The van der Waals surface area contributed by atoms with E-state index in [2.05, 4.69) is 15.0 Å². The fourth-order valence-corrected chi connectivity index (χ4v) is 1.25. The number of methoxy groups -OCH3 is 1. The zero-order valence-corrected chi connectivity index (χ0v) is 9.27. The van der Waals surface area contributed by atoms with E-state index in [0.717, 1.165) is 5.56 Å². The third kappa shape index (κ3) is 3.68. The summed E-state index contributed by atoms with van der Waals surface area (Å²) in [6.45, 7) is 1.43. The van der Waals surface area contributed by atoms with Crippen LogP contribution in [0.5, 0.6) is 0 Å². The largest absolute Gasteiger partial charge is 0.453 e. The summed E-state index contributed by atoms with van der Waals surface area (Å²) in [6, 6.07) is 3.06. The molecule has 1 heterocycles. The first-order valence-electron chi connectivity index (χ1n) is 4.87. The first-order chi connectivity index (χ1) is 7.63. The fourth-order valence-electron chi connectivity index (χ4n) is 1.25. The van der Waals surface area contributed by atoms with Crippen molar-refractivity contribution in [2.24, 2.45) is 0 Å². The second kappa shape index (κ2) is 5.85. The smallest absolute Gasteiger partial charge is 0.407 e. The Morgan fingerprint density at radius 2 is 2.31 bits per heavy atom. The highest BCUT2D eigenvalue weighted by molar-refractivity contribution is 5.85. The highest BCUT2D eigenvalue weighted by Gasteiger charge is 2.17. The first-order valence-corrected chi connectivity index (χ1v) is 4.87. The summed E-state index contributed by atoms with van der Waals surface area (Å²) in [5, 5.41) is 2.48. The highest BCUT2D eigenvalue weighted by atomic mass is 16.5. The van der Waals surface area contributed by atoms with Gasteiger partial charge in [-0.05, 0) is 18.6 Å². The Kier molecular flexibility index (Phi) is 4.44. The number of pyridine rings is 1. The third-order valence-corrected chi connectivity index (χ3v) is 2.13. The fraction of sp³-hybridized carbons (Fsp3) is 0.364. The molecule has 0 bridgehead atoms. The van der Waals surface area contributed by atoms with Crippen molar-refractivity contribution in [3.05, 3.63) is 30.1 Å². The summed E-state index contributed by atoms with van der Waals surface area (Å²) < 4.78 is 4.45. The molecule has 5 heteroatoms. The van der Waals surface area contributed by atoms with Gasteiger partial charge in [0.15, 0.2) is 5.78 Å². The number of hydrogen-bond donors (Lipinski definition) is 1. The molecule has 0 saturated heterocycles. The molecule has 0 aromatic carbocycles. The Balaban J connectivity index is 2.65. The maximum Gasteiger partial charge on any atom is 0.407 e. The van der Waals surface area contributed by atoms with E-state index in [-0.39, 0.29) is 5.78 Å². The van der Waals surface area contributed by atoms with Crippen molar-refractivity contribution in [1.29, 1.82) is 0 Å². The quantitative estimate of drug-likeness (QED) is 0.823. The molecule has 0 aliphatic heterocycles. The minimum atomic E-state index is -0.607. The number of carbonyl (C=O) groups is 2. The summed E-state index contributed by atoms with van der Waals surface area (Å²) in [4.78, 5) is 26.3. The molecule has 5 nitrogen and oxygen atoms in total. The number of aromatic nitrogens is 1. The lowest BCUT2D eigenvalue weighted by molar-refractivity contribution is -0.118. The van der Waals surface area contributed by atoms with Crippen LogP contribution in [0.15, 0.2) is 24.5 Å². The monoisotopic (exact) mass is 222 g/mol. The molecule has 0 aliphatic carbocycles. The molecule has 0 spiro atoms. The number of alkyl carbamates (subject to hydrolysis) is 1. The first kappa shape index (κ1) is 12.2. The second-order valence-electron chi connectivity index (χ2n) is 3.36. The number of ether oxygens (including phenoxy) is 1. The van der Waals surface area contributed by atoms with Crippen LogP contribution >= 0.6 is 0 Å². The zero-order chi connectivity index (χ0) is 12.0. The van der Waals surface area contributed by atoms with Crippen LogP contribution in [0.4, 0.5) is 4.79 Å². The summed E-state index contributed by atoms with van der Waals surface area (Å²) >= 11 is 0. The molecule has 0 fully saturated rings. The lowest BCUT2D eigenvalue weighted by Gasteiger charge is -2.14. The molecule has 0 aliphatic rings. The molecule has 1 aromatic heterocycles. The van der Waals surface area contributed by atoms with Gasteiger partial charge in [0.05, 0.1) is 13.2 Å². The molecule has 1 amide bonds. The average Bonchev–Trinajstić information content (AvgIpc) is 2.29. The van der Waals surface area contributed by atoms with Crippen LogP contribution in [-0.4, -0.2) is 30.0 Å². The summed E-state index contributed by atoms with van der Waals surface area (Å²) in [5.74, 6) is -0.116. The minimum absolute atomic E-state index is 0.116. The van der Waals surface area contributed by atoms with Crippen LogP contribution in [0.2, 0.25) is 0 Å². The van der Waals surface area contributed by atoms with Crippen molar-refractivity contribution in [3.63, 3.8) is 0 Å². The van der Waals surface area contributed by atoms with Crippen LogP contribution < -0.4 is 5.32 Å². The number of ketones is 1. The molecule has 16 heavy (non-hydrogen) atoms. The normalized spacial score (nSPS) is 11.6. The van der Waals surface area contributed by atoms with Gasteiger partial charge in [-0.25, -0.2) is 4.79 Å². The van der Waals surface area contributed by atoms with Gasteiger partial charge in [-0.1, -0.05) is 6.07 Å². The molecule has 0 saturated carbocycles. The van der Waals surface area contributed by atoms with Crippen molar-refractivity contribution in [2.45, 2.75) is 19.4 Å². The van der Waals surface area contributed by atoms with E-state index in [4.69, 9.17) is 0 Å². The van der Waals surface area contributed by atoms with Gasteiger partial charge in [-0.3, -0.25) is 9.78 Å². The predicted molar refractivity (Wildman–Crippen MR) is 58.0 cm³/mol. The molecular weight excluding hydrogens is 208 g/mol. The predicted octanol–water partition coefficient (Wildman–Crippen LogP) is 0.938. The van der Waals surface area contributed by atoms with Crippen LogP contribution in [0.25, 0.3) is 0 Å². The van der Waals surface area contributed by atoms with Gasteiger partial charge in [0.25, 0.3) is 0 Å². The van der Waals surface area contributed by atoms with Crippen LogP contribution in [0, 0.1) is 0 Å². The van der Waals surface area contributed by atoms with Gasteiger partial charge in [-0.15, -0.1) is 0 Å². The van der Waals surface area contributed by atoms with E-state index in [9.17, 15) is 9.59 Å². The number of Topliss-reactive ketones (excluding diaryl/α,β-unsaturated/α-hetero) is 1. The maximum absolute atomic E-state index is 11.3. The van der Waals surface area contributed by atoms with E-state index in [1.54, 1.807) is 18.5 Å². The average molecular weight is 222 g/mol. The van der Waals surface area contributed by atoms with Gasteiger partial charge in [0.2, 0.25) is 0 Å². The Bertz CT molecular complexity index is 365. The Morgan fingerprint density at radius 3 is 2.81 bits per heavy atom. The molecule has 1 atom stereocenters. The second-order valence-corrected chi connectivity index (χ2v) is 3.36. The van der Waals surface area contributed by atoms with Crippen LogP contribution in [0.1, 0.15) is 12.5 Å². The molecule has 1 aromatic rings. The summed E-state index contributed by atoms with van der Waals surface area (Å²) in [7, 11) is 1.26. The van der Waals surface area contributed by atoms with E-state index in [1.165, 1.54) is 14.0 Å². The Morgan fingerprint density at radius 1 is 1.56 bits per heavy atom. The van der Waals surface area contributed by atoms with E-state index in [0.29, 0.717) is 6.42 Å². The van der Waals surface area contributed by atoms with Crippen LogP contribution in [0.3, 0.4) is 0 Å². The molecule has 0 radical (unpaired) electrons. The number of amides is 1. The van der Waals surface area contributed by atoms with Crippen molar-refractivity contribution in [2.75, 3.05) is 7.11 Å². The molecule has 0 unspecified atom stereocenters. The summed E-state index contributed by atoms with van der Waals surface area (Å²) in [6.07, 6.45) is 3.12. The standard InChI is InChI=1S/C11H14N2O3/c1-8(14)10(13-11(15)16-2)6-9-4-3-5-12-7-9/h3-5,7,10H,6H2,1-2H3,(H,13,15)/t10-/m0/s1. The maximum atomic E-state index is 11.3. The van der Waals surface area contributed by atoms with E-state index < -0.39 is 12.1 Å². The third-order valence-electron chi connectivity index (χ3n) is 2.13. The number of rotatable bonds is 4. The number of hydrogen-bond acceptors (Lipinski definition) is 4. The van der Waals surface area contributed by atoms with Gasteiger partial charge < -0.3 is 10.1 Å². The number of nitrogens with zero attached hydrogens (tertiary/aromatic N) is 1. The number of carbonyl (C=O) groups excluding carboxylic acids is 2. The zero-order valence-electron chi connectivity index (χ0n) is 9.27.